The topological polar surface area (TPSA) is 150 Å². The van der Waals surface area contributed by atoms with Gasteiger partial charge < -0.3 is 0 Å². The highest BCUT2D eigenvalue weighted by Gasteiger charge is 2.31. The maximum atomic E-state index is 14.7. The van der Waals surface area contributed by atoms with E-state index in [2.05, 4.69) is 6.58 Å². The monoisotopic (exact) mass is 1130 g/mol. The second-order valence-electron chi connectivity index (χ2n) is 20.3. The number of nitrogens with zero attached hydrogens (tertiary/aromatic N) is 4. The molecule has 12 nitrogen and oxygen atoms in total. The molecule has 0 radical (unpaired) electrons. The van der Waals surface area contributed by atoms with Gasteiger partial charge in [0.05, 0.1) is 55.4 Å². The van der Waals surface area contributed by atoms with Crippen molar-refractivity contribution in [2.24, 2.45) is 0 Å². The van der Waals surface area contributed by atoms with Crippen LogP contribution in [0.1, 0.15) is 63.8 Å². The first-order valence-corrected chi connectivity index (χ1v) is 31.8. The number of sulfonamides is 4. The van der Waals surface area contributed by atoms with Crippen LogP contribution in [0.5, 0.6) is 0 Å². The Balaban J connectivity index is 1.10. The number of hydrogen-bond donors (Lipinski definition) is 0. The first-order chi connectivity index (χ1) is 37.7. The van der Waals surface area contributed by atoms with Crippen LogP contribution in [0.15, 0.2) is 226 Å². The van der Waals surface area contributed by atoms with Gasteiger partial charge in [-0.3, -0.25) is 17.2 Å². The Morgan fingerprint density at radius 1 is 0.291 bits per heavy atom. The van der Waals surface area contributed by atoms with Crippen molar-refractivity contribution in [3.05, 3.63) is 251 Å². The molecule has 408 valence electrons. The molecule has 7 aliphatic rings. The van der Waals surface area contributed by atoms with Gasteiger partial charge in [-0.2, -0.15) is 0 Å². The highest BCUT2D eigenvalue weighted by molar-refractivity contribution is 7.93. The van der Waals surface area contributed by atoms with Crippen molar-refractivity contribution in [2.45, 2.75) is 79.4 Å². The molecule has 8 aromatic carbocycles. The number of aryl methyl sites for hydroxylation is 4. The molecule has 79 heavy (non-hydrogen) atoms. The van der Waals surface area contributed by atoms with Crippen LogP contribution in [0.4, 0.5) is 22.7 Å². The standard InChI is InChI=1S/C63H64N4O8S4/c1-47-9-33-60(34-10-47)76(68,69)64-41-7-6-8-42-65(77(70,71)61-35-11-48(2)12-36-61)57-27-19-53(20-28-57)44-55-23-31-59(32-24-55)67(79(74,75)63-39-15-50(4)16-40-63)46-51(5)45-66(78(72,73)62-37-13-49(3)14-38-62)58-29-21-54(22-30-58)43-52-17-25-56(64)26-18-52/h9-40H,5-8,41-46H2,1-4H3. The van der Waals surface area contributed by atoms with Crippen molar-refractivity contribution < 1.29 is 33.7 Å². The van der Waals surface area contributed by atoms with Crippen molar-refractivity contribution in [1.29, 1.82) is 0 Å². The van der Waals surface area contributed by atoms with Crippen molar-refractivity contribution in [3.63, 3.8) is 0 Å². The second-order valence-corrected chi connectivity index (χ2v) is 27.7. The molecule has 0 atom stereocenters. The van der Waals surface area contributed by atoms with E-state index in [1.54, 1.807) is 146 Å². The van der Waals surface area contributed by atoms with Gasteiger partial charge in [-0.05, 0) is 185 Å². The van der Waals surface area contributed by atoms with Crippen LogP contribution >= 0.6 is 0 Å². The van der Waals surface area contributed by atoms with E-state index in [9.17, 15) is 33.7 Å². The summed E-state index contributed by atoms with van der Waals surface area (Å²) in [6, 6.07) is 55.5. The van der Waals surface area contributed by atoms with E-state index in [1.807, 2.05) is 76.2 Å². The summed E-state index contributed by atoms with van der Waals surface area (Å²) >= 11 is 0. The van der Waals surface area contributed by atoms with Crippen LogP contribution in [0.25, 0.3) is 0 Å². The van der Waals surface area contributed by atoms with Crippen molar-refractivity contribution >= 4 is 62.8 Å². The molecule has 15 rings (SSSR count). The minimum atomic E-state index is -4.23. The Labute approximate surface area is 467 Å². The quantitative estimate of drug-likeness (QED) is 0.137. The zero-order chi connectivity index (χ0) is 56.1. The Hall–Kier alpha value is -7.50. The predicted octanol–water partition coefficient (Wildman–Crippen LogP) is 12.3. The normalized spacial score (nSPS) is 14.7. The van der Waals surface area contributed by atoms with Gasteiger partial charge in [0.25, 0.3) is 40.1 Å². The smallest absolute Gasteiger partial charge is 0.264 e. The first kappa shape index (κ1) is 56.2. The summed E-state index contributed by atoms with van der Waals surface area (Å²) in [6.07, 6.45) is 2.28. The van der Waals surface area contributed by atoms with Crippen LogP contribution in [0, 0.1) is 27.7 Å². The fourth-order valence-electron chi connectivity index (χ4n) is 9.49. The lowest BCUT2D eigenvalue weighted by molar-refractivity contribution is 0.582. The number of benzene rings is 8. The molecule has 0 unspecified atom stereocenters. The summed E-state index contributed by atoms with van der Waals surface area (Å²) < 4.78 is 122. The summed E-state index contributed by atoms with van der Waals surface area (Å²) in [5.41, 5.74) is 9.04. The predicted molar refractivity (Wildman–Crippen MR) is 317 cm³/mol. The molecule has 0 spiro atoms. The Kier molecular flexibility index (Phi) is 16.7. The summed E-state index contributed by atoms with van der Waals surface area (Å²) in [5, 5.41) is 0. The Bertz CT molecular complexity index is 3640. The summed E-state index contributed by atoms with van der Waals surface area (Å²) in [7, 11) is -16.5. The number of anilines is 4. The van der Waals surface area contributed by atoms with Crippen LogP contribution in [0.3, 0.4) is 0 Å². The molecule has 0 aromatic heterocycles. The molecule has 0 amide bonds. The molecular weight excluding hydrogens is 1070 g/mol. The highest BCUT2D eigenvalue weighted by atomic mass is 32.2. The molecule has 8 bridgehead atoms. The lowest BCUT2D eigenvalue weighted by atomic mass is 10.0. The van der Waals surface area contributed by atoms with Crippen LogP contribution in [-0.4, -0.2) is 59.9 Å². The molecule has 7 heterocycles. The fourth-order valence-corrected chi connectivity index (χ4v) is 15.5. The van der Waals surface area contributed by atoms with E-state index in [0.717, 1.165) is 44.5 Å². The molecular formula is C63H64N4O8S4. The number of rotatable bonds is 8. The van der Waals surface area contributed by atoms with Crippen molar-refractivity contribution in [2.75, 3.05) is 43.4 Å². The van der Waals surface area contributed by atoms with Gasteiger partial charge in [0.1, 0.15) is 0 Å². The lowest BCUT2D eigenvalue weighted by Crippen LogP contribution is -2.38. The van der Waals surface area contributed by atoms with Crippen LogP contribution < -0.4 is 17.2 Å². The van der Waals surface area contributed by atoms with E-state index >= 15 is 0 Å². The fraction of sp³-hybridized carbons (Fsp3) is 0.206. The molecule has 0 fully saturated rings. The van der Waals surface area contributed by atoms with E-state index in [-0.39, 0.29) is 45.8 Å². The zero-order valence-electron chi connectivity index (χ0n) is 44.7. The minimum absolute atomic E-state index is 0.0598. The summed E-state index contributed by atoms with van der Waals surface area (Å²) in [6.45, 7) is 11.6. The third-order valence-corrected chi connectivity index (χ3v) is 21.4. The number of hydrogen-bond acceptors (Lipinski definition) is 8. The zero-order valence-corrected chi connectivity index (χ0v) is 48.0. The van der Waals surface area contributed by atoms with Gasteiger partial charge in [-0.25, -0.2) is 33.7 Å². The van der Waals surface area contributed by atoms with Gasteiger partial charge in [-0.1, -0.05) is 126 Å². The SMILES string of the molecule is C=C1CN(S(=O)(=O)c2ccc(C)cc2)c2ccc(cc2)Cc2ccc(cc2)N(S(=O)(=O)c2ccc(C)cc2)CCCCCN(S(=O)(=O)c2ccc(C)cc2)c2ccc(cc2)Cc2ccc(cc2)N(S(=O)(=O)c2ccc(C)cc2)C1. The van der Waals surface area contributed by atoms with Gasteiger partial charge in [0, 0.05) is 13.1 Å². The van der Waals surface area contributed by atoms with Gasteiger partial charge >= 0.3 is 0 Å². The molecule has 0 aliphatic carbocycles. The van der Waals surface area contributed by atoms with Gasteiger partial charge in [0.15, 0.2) is 0 Å². The van der Waals surface area contributed by atoms with Crippen molar-refractivity contribution in [3.8, 4) is 0 Å². The maximum Gasteiger partial charge on any atom is 0.264 e. The molecule has 0 N–H and O–H groups in total. The highest BCUT2D eigenvalue weighted by Crippen LogP contribution is 2.33. The lowest BCUT2D eigenvalue weighted by Gasteiger charge is -2.29. The van der Waals surface area contributed by atoms with Crippen LogP contribution in [0.2, 0.25) is 0 Å². The maximum absolute atomic E-state index is 14.7. The largest absolute Gasteiger partial charge is 0.266 e. The van der Waals surface area contributed by atoms with Crippen LogP contribution in [-0.2, 0) is 52.9 Å². The van der Waals surface area contributed by atoms with E-state index in [1.165, 1.54) is 17.2 Å². The summed E-state index contributed by atoms with van der Waals surface area (Å²) in [5.74, 6) is 0. The van der Waals surface area contributed by atoms with E-state index in [0.29, 0.717) is 60.4 Å². The molecule has 0 saturated carbocycles. The third kappa shape index (κ3) is 12.8. The Morgan fingerprint density at radius 3 is 0.747 bits per heavy atom. The van der Waals surface area contributed by atoms with Gasteiger partial charge in [0.2, 0.25) is 0 Å². The molecule has 7 aliphatic heterocycles. The van der Waals surface area contributed by atoms with Crippen molar-refractivity contribution in [1.82, 2.24) is 0 Å². The van der Waals surface area contributed by atoms with E-state index in [4.69, 9.17) is 0 Å². The average Bonchev–Trinajstić information content (AvgIpc) is 3.45. The van der Waals surface area contributed by atoms with E-state index < -0.39 is 40.1 Å². The Morgan fingerprint density at radius 2 is 0.506 bits per heavy atom. The first-order valence-electron chi connectivity index (χ1n) is 26.1. The molecule has 16 heteroatoms. The summed E-state index contributed by atoms with van der Waals surface area (Å²) in [4.78, 5) is 0.429. The second kappa shape index (κ2) is 23.5. The molecule has 0 saturated heterocycles. The third-order valence-electron chi connectivity index (χ3n) is 14.1. The average molecular weight is 1130 g/mol. The van der Waals surface area contributed by atoms with Gasteiger partial charge in [-0.15, -0.1) is 0 Å². The molecule has 8 aromatic rings. The minimum Gasteiger partial charge on any atom is -0.266 e.